The monoisotopic (exact) mass is 192 g/mol. The van der Waals surface area contributed by atoms with E-state index < -0.39 is 0 Å². The number of esters is 1. The quantitative estimate of drug-likeness (QED) is 0.515. The minimum atomic E-state index is -0.354. The van der Waals surface area contributed by atoms with E-state index in [0.29, 0.717) is 11.3 Å². The van der Waals surface area contributed by atoms with Crippen LogP contribution in [0.1, 0.15) is 15.9 Å². The predicted octanol–water partition coefficient (Wildman–Crippen LogP) is 1.02. The van der Waals surface area contributed by atoms with E-state index in [1.165, 1.54) is 7.11 Å². The highest BCUT2D eigenvalue weighted by molar-refractivity contribution is 5.93. The molecule has 0 radical (unpaired) electrons. The van der Waals surface area contributed by atoms with E-state index in [1.54, 1.807) is 12.1 Å². The molecule has 1 aliphatic rings. The van der Waals surface area contributed by atoms with Crippen LogP contribution in [0.5, 0.6) is 0 Å². The van der Waals surface area contributed by atoms with Crippen molar-refractivity contribution in [3.63, 3.8) is 0 Å². The number of ether oxygens (including phenoxy) is 1. The van der Waals surface area contributed by atoms with Crippen molar-refractivity contribution in [1.29, 1.82) is 0 Å². The topological polar surface area (TPSA) is 64.3 Å². The van der Waals surface area contributed by atoms with Gasteiger partial charge in [-0.05, 0) is 24.1 Å². The highest BCUT2D eigenvalue weighted by Gasteiger charge is 2.16. The minimum absolute atomic E-state index is 0.354. The second kappa shape index (κ2) is 3.21. The fraction of sp³-hybridized carbons (Fsp3) is 0.300. The van der Waals surface area contributed by atoms with E-state index in [2.05, 4.69) is 10.1 Å². The van der Waals surface area contributed by atoms with Crippen molar-refractivity contribution in [2.24, 2.45) is 0 Å². The molecular formula is C10H12N2O2. The first-order chi connectivity index (χ1) is 6.72. The van der Waals surface area contributed by atoms with Gasteiger partial charge in [-0.1, -0.05) is 0 Å². The van der Waals surface area contributed by atoms with E-state index in [4.69, 9.17) is 5.73 Å². The number of fused-ring (bicyclic) bond motifs is 1. The number of hydrogen-bond donors (Lipinski definition) is 2. The van der Waals surface area contributed by atoms with Gasteiger partial charge in [-0.15, -0.1) is 0 Å². The maximum Gasteiger partial charge on any atom is 0.337 e. The lowest BCUT2D eigenvalue weighted by molar-refractivity contribution is 0.0601. The molecule has 0 aromatic heterocycles. The van der Waals surface area contributed by atoms with Crippen LogP contribution in [0, 0.1) is 0 Å². The Labute approximate surface area is 82.1 Å². The van der Waals surface area contributed by atoms with Gasteiger partial charge >= 0.3 is 5.97 Å². The minimum Gasteiger partial charge on any atom is -0.465 e. The summed E-state index contributed by atoms with van der Waals surface area (Å²) in [5.74, 6) is -0.354. The number of nitrogen functional groups attached to an aromatic ring is 1. The zero-order chi connectivity index (χ0) is 10.1. The molecule has 3 N–H and O–H groups in total. The number of rotatable bonds is 1. The first-order valence-corrected chi connectivity index (χ1v) is 4.47. The van der Waals surface area contributed by atoms with Gasteiger partial charge in [0.2, 0.25) is 0 Å². The van der Waals surface area contributed by atoms with Crippen LogP contribution in [-0.2, 0) is 11.2 Å². The maximum atomic E-state index is 11.3. The maximum absolute atomic E-state index is 11.3. The molecule has 0 unspecified atom stereocenters. The summed E-state index contributed by atoms with van der Waals surface area (Å²) in [5, 5.41) is 3.17. The molecule has 0 bridgehead atoms. The molecule has 0 fully saturated rings. The molecule has 4 heteroatoms. The van der Waals surface area contributed by atoms with Gasteiger partial charge in [0.25, 0.3) is 0 Å². The third kappa shape index (κ3) is 1.28. The van der Waals surface area contributed by atoms with E-state index in [9.17, 15) is 4.79 Å². The highest BCUT2D eigenvalue weighted by atomic mass is 16.5. The fourth-order valence-electron chi connectivity index (χ4n) is 1.69. The van der Waals surface area contributed by atoms with Crippen LogP contribution in [0.2, 0.25) is 0 Å². The summed E-state index contributed by atoms with van der Waals surface area (Å²) in [4.78, 5) is 11.3. The number of hydrogen-bond acceptors (Lipinski definition) is 4. The van der Waals surface area contributed by atoms with Crippen LogP contribution in [0.4, 0.5) is 11.4 Å². The first kappa shape index (κ1) is 8.87. The van der Waals surface area contributed by atoms with Gasteiger partial charge in [0.15, 0.2) is 0 Å². The van der Waals surface area contributed by atoms with Gasteiger partial charge < -0.3 is 15.8 Å². The van der Waals surface area contributed by atoms with E-state index in [-0.39, 0.29) is 5.97 Å². The summed E-state index contributed by atoms with van der Waals surface area (Å²) in [6, 6.07) is 3.45. The van der Waals surface area contributed by atoms with Crippen LogP contribution in [0.25, 0.3) is 0 Å². The number of carbonyl (C=O) groups is 1. The molecule has 0 spiro atoms. The molecule has 1 aliphatic heterocycles. The largest absolute Gasteiger partial charge is 0.465 e. The lowest BCUT2D eigenvalue weighted by atomic mass is 10.1. The van der Waals surface area contributed by atoms with Crippen molar-refractivity contribution in [3.05, 3.63) is 23.3 Å². The molecule has 0 saturated carbocycles. The van der Waals surface area contributed by atoms with E-state index >= 15 is 0 Å². The van der Waals surface area contributed by atoms with Crippen LogP contribution >= 0.6 is 0 Å². The fourth-order valence-corrected chi connectivity index (χ4v) is 1.69. The molecule has 1 aromatic carbocycles. The number of methoxy groups -OCH3 is 1. The first-order valence-electron chi connectivity index (χ1n) is 4.47. The molecule has 74 valence electrons. The summed E-state index contributed by atoms with van der Waals surface area (Å²) >= 11 is 0. The molecular weight excluding hydrogens is 180 g/mol. The summed E-state index contributed by atoms with van der Waals surface area (Å²) in [7, 11) is 1.36. The number of benzene rings is 1. The molecule has 14 heavy (non-hydrogen) atoms. The average Bonchev–Trinajstić information content (AvgIpc) is 2.64. The summed E-state index contributed by atoms with van der Waals surface area (Å²) in [5.41, 5.74) is 9.02. The van der Waals surface area contributed by atoms with Gasteiger partial charge in [-0.25, -0.2) is 4.79 Å². The molecule has 0 aliphatic carbocycles. The highest BCUT2D eigenvalue weighted by Crippen LogP contribution is 2.29. The predicted molar refractivity (Wildman–Crippen MR) is 54.4 cm³/mol. The van der Waals surface area contributed by atoms with Gasteiger partial charge in [0.1, 0.15) is 0 Å². The number of nitrogens with two attached hydrogens (primary N) is 1. The smallest absolute Gasteiger partial charge is 0.337 e. The Morgan fingerprint density at radius 2 is 2.36 bits per heavy atom. The van der Waals surface area contributed by atoms with Crippen molar-refractivity contribution >= 4 is 17.3 Å². The SMILES string of the molecule is COC(=O)c1cc(N)c2c(c1)NCC2. The van der Waals surface area contributed by atoms with Crippen molar-refractivity contribution in [3.8, 4) is 0 Å². The number of nitrogens with one attached hydrogen (secondary N) is 1. The Morgan fingerprint density at radius 3 is 3.07 bits per heavy atom. The van der Waals surface area contributed by atoms with Crippen LogP contribution in [0.15, 0.2) is 12.1 Å². The van der Waals surface area contributed by atoms with Crippen LogP contribution in [-0.4, -0.2) is 19.6 Å². The number of anilines is 2. The lowest BCUT2D eigenvalue weighted by Gasteiger charge is -2.06. The molecule has 0 atom stereocenters. The second-order valence-corrected chi connectivity index (χ2v) is 3.26. The molecule has 0 amide bonds. The Kier molecular flexibility index (Phi) is 2.04. The molecule has 1 heterocycles. The Balaban J connectivity index is 2.46. The Bertz CT molecular complexity index is 388. The van der Waals surface area contributed by atoms with E-state index in [0.717, 1.165) is 24.2 Å². The lowest BCUT2D eigenvalue weighted by Crippen LogP contribution is -2.03. The van der Waals surface area contributed by atoms with Crippen molar-refractivity contribution in [2.45, 2.75) is 6.42 Å². The normalized spacial score (nSPS) is 13.2. The second-order valence-electron chi connectivity index (χ2n) is 3.26. The summed E-state index contributed by atoms with van der Waals surface area (Å²) in [6.45, 7) is 0.879. The van der Waals surface area contributed by atoms with Gasteiger partial charge in [-0.3, -0.25) is 0 Å². The summed E-state index contributed by atoms with van der Waals surface area (Å²) in [6.07, 6.45) is 0.919. The van der Waals surface area contributed by atoms with Gasteiger partial charge in [-0.2, -0.15) is 0 Å². The molecule has 1 aromatic rings. The van der Waals surface area contributed by atoms with Crippen molar-refractivity contribution in [1.82, 2.24) is 0 Å². The third-order valence-corrected chi connectivity index (χ3v) is 2.40. The van der Waals surface area contributed by atoms with E-state index in [1.807, 2.05) is 0 Å². The molecule has 4 nitrogen and oxygen atoms in total. The van der Waals surface area contributed by atoms with Gasteiger partial charge in [0, 0.05) is 17.9 Å². The molecule has 2 rings (SSSR count). The van der Waals surface area contributed by atoms with Gasteiger partial charge in [0.05, 0.1) is 12.7 Å². The zero-order valence-electron chi connectivity index (χ0n) is 7.96. The third-order valence-electron chi connectivity index (χ3n) is 2.40. The Hall–Kier alpha value is -1.71. The Morgan fingerprint density at radius 1 is 1.57 bits per heavy atom. The van der Waals surface area contributed by atoms with Crippen molar-refractivity contribution in [2.75, 3.05) is 24.7 Å². The molecule has 0 saturated heterocycles. The van der Waals surface area contributed by atoms with Crippen LogP contribution < -0.4 is 11.1 Å². The average molecular weight is 192 g/mol. The standard InChI is InChI=1S/C10H12N2O2/c1-14-10(13)6-4-8(11)7-2-3-12-9(7)5-6/h4-5,12H,2-3,11H2,1H3. The summed E-state index contributed by atoms with van der Waals surface area (Å²) < 4.78 is 4.63. The number of carbonyl (C=O) groups excluding carboxylic acids is 1. The zero-order valence-corrected chi connectivity index (χ0v) is 7.96. The van der Waals surface area contributed by atoms with Crippen LogP contribution in [0.3, 0.4) is 0 Å². The van der Waals surface area contributed by atoms with Crippen molar-refractivity contribution < 1.29 is 9.53 Å².